The molecule has 0 N–H and O–H groups in total. The van der Waals surface area contributed by atoms with Crippen LogP contribution in [-0.4, -0.2) is 82.1 Å². The van der Waals surface area contributed by atoms with E-state index in [-0.39, 0.29) is 11.8 Å². The van der Waals surface area contributed by atoms with Crippen LogP contribution in [0.25, 0.3) is 0 Å². The second-order valence-corrected chi connectivity index (χ2v) is 7.17. The van der Waals surface area contributed by atoms with Gasteiger partial charge in [0.05, 0.1) is 6.54 Å². The molecule has 0 atom stereocenters. The van der Waals surface area contributed by atoms with E-state index in [1.165, 1.54) is 12.8 Å². The molecule has 2 aliphatic heterocycles. The van der Waals surface area contributed by atoms with Crippen molar-refractivity contribution in [1.82, 2.24) is 24.5 Å². The number of hydrogen-bond acceptors (Lipinski definition) is 4. The molecule has 2 aliphatic rings. The van der Waals surface area contributed by atoms with Gasteiger partial charge in [-0.25, -0.2) is 0 Å². The largest absolute Gasteiger partial charge is 0.338 e. The van der Waals surface area contributed by atoms with Gasteiger partial charge in [-0.2, -0.15) is 5.10 Å². The Kier molecular flexibility index (Phi) is 4.89. The number of carbonyl (C=O) groups is 2. The van der Waals surface area contributed by atoms with E-state index in [1.807, 2.05) is 35.9 Å². The van der Waals surface area contributed by atoms with Crippen LogP contribution in [0.1, 0.15) is 26.7 Å². The molecule has 1 aromatic heterocycles. The van der Waals surface area contributed by atoms with Crippen molar-refractivity contribution >= 4 is 11.8 Å². The summed E-state index contributed by atoms with van der Waals surface area (Å²) in [5, 5.41) is 4.20. The Morgan fingerprint density at radius 3 is 2.21 bits per heavy atom. The molecule has 0 unspecified atom stereocenters. The van der Waals surface area contributed by atoms with Gasteiger partial charge >= 0.3 is 0 Å². The smallest absolute Gasteiger partial charge is 0.250 e. The van der Waals surface area contributed by atoms with Crippen molar-refractivity contribution in [3.8, 4) is 0 Å². The lowest BCUT2D eigenvalue weighted by molar-refractivity contribution is -0.145. The molecule has 3 rings (SSSR count). The van der Waals surface area contributed by atoms with Crippen molar-refractivity contribution in [2.24, 2.45) is 0 Å². The average molecular weight is 333 g/mol. The second-order valence-electron chi connectivity index (χ2n) is 7.17. The SMILES string of the molecule is CC(C)(C(=O)N1CCN(C(=O)CN2CCCC2)CC1)n1cccn1. The predicted molar refractivity (Wildman–Crippen MR) is 90.4 cm³/mol. The summed E-state index contributed by atoms with van der Waals surface area (Å²) < 4.78 is 1.69. The third-order valence-corrected chi connectivity index (χ3v) is 5.08. The summed E-state index contributed by atoms with van der Waals surface area (Å²) in [7, 11) is 0. The molecule has 0 aromatic carbocycles. The zero-order valence-electron chi connectivity index (χ0n) is 14.6. The maximum atomic E-state index is 12.8. The van der Waals surface area contributed by atoms with Crippen LogP contribution in [0, 0.1) is 0 Å². The topological polar surface area (TPSA) is 61.7 Å². The zero-order valence-corrected chi connectivity index (χ0v) is 14.6. The Balaban J connectivity index is 1.52. The summed E-state index contributed by atoms with van der Waals surface area (Å²) in [5.74, 6) is 0.244. The first-order valence-electron chi connectivity index (χ1n) is 8.78. The lowest BCUT2D eigenvalue weighted by Crippen LogP contribution is -2.56. The summed E-state index contributed by atoms with van der Waals surface area (Å²) in [5.41, 5.74) is -0.703. The Morgan fingerprint density at radius 1 is 1.00 bits per heavy atom. The highest BCUT2D eigenvalue weighted by atomic mass is 16.2. The molecule has 1 aromatic rings. The third-order valence-electron chi connectivity index (χ3n) is 5.08. The van der Waals surface area contributed by atoms with Crippen molar-refractivity contribution in [2.45, 2.75) is 32.2 Å². The van der Waals surface area contributed by atoms with Crippen LogP contribution in [0.3, 0.4) is 0 Å². The monoisotopic (exact) mass is 333 g/mol. The van der Waals surface area contributed by atoms with Crippen molar-refractivity contribution in [3.05, 3.63) is 18.5 Å². The molecule has 24 heavy (non-hydrogen) atoms. The van der Waals surface area contributed by atoms with Crippen molar-refractivity contribution < 1.29 is 9.59 Å². The molecule has 0 saturated carbocycles. The van der Waals surface area contributed by atoms with E-state index < -0.39 is 5.54 Å². The fourth-order valence-electron chi connectivity index (χ4n) is 3.48. The average Bonchev–Trinajstić information content (AvgIpc) is 3.28. The van der Waals surface area contributed by atoms with Crippen LogP contribution >= 0.6 is 0 Å². The molecule has 2 amide bonds. The van der Waals surface area contributed by atoms with Crippen LogP contribution in [0.15, 0.2) is 18.5 Å². The van der Waals surface area contributed by atoms with Gasteiger partial charge in [0.15, 0.2) is 0 Å². The van der Waals surface area contributed by atoms with Crippen molar-refractivity contribution in [3.63, 3.8) is 0 Å². The van der Waals surface area contributed by atoms with E-state index in [0.717, 1.165) is 13.1 Å². The maximum absolute atomic E-state index is 12.8. The second kappa shape index (κ2) is 6.93. The number of carbonyl (C=O) groups excluding carboxylic acids is 2. The molecule has 0 radical (unpaired) electrons. The zero-order chi connectivity index (χ0) is 17.2. The molecular formula is C17H27N5O2. The number of nitrogens with zero attached hydrogens (tertiary/aromatic N) is 5. The number of aromatic nitrogens is 2. The van der Waals surface area contributed by atoms with E-state index >= 15 is 0 Å². The highest BCUT2D eigenvalue weighted by molar-refractivity contribution is 5.84. The Hall–Kier alpha value is -1.89. The molecule has 132 valence electrons. The molecule has 7 nitrogen and oxygen atoms in total. The van der Waals surface area contributed by atoms with Gasteiger partial charge in [-0.3, -0.25) is 19.2 Å². The summed E-state index contributed by atoms with van der Waals surface area (Å²) in [4.78, 5) is 31.2. The first kappa shape index (κ1) is 17.0. The van der Waals surface area contributed by atoms with E-state index in [4.69, 9.17) is 0 Å². The van der Waals surface area contributed by atoms with Crippen molar-refractivity contribution in [1.29, 1.82) is 0 Å². The first-order chi connectivity index (χ1) is 11.5. The van der Waals surface area contributed by atoms with E-state index in [2.05, 4.69) is 10.00 Å². The fourth-order valence-corrected chi connectivity index (χ4v) is 3.48. The Morgan fingerprint density at radius 2 is 1.62 bits per heavy atom. The molecule has 3 heterocycles. The summed E-state index contributed by atoms with van der Waals surface area (Å²) >= 11 is 0. The normalized spacial score (nSPS) is 19.8. The minimum Gasteiger partial charge on any atom is -0.338 e. The fraction of sp³-hybridized carbons (Fsp3) is 0.706. The number of amides is 2. The van der Waals surface area contributed by atoms with Crippen LogP contribution in [0.2, 0.25) is 0 Å². The Labute approximate surface area is 143 Å². The summed E-state index contributed by atoms with van der Waals surface area (Å²) in [6.45, 7) is 8.77. The molecule has 0 spiro atoms. The van der Waals surface area contributed by atoms with E-state index in [9.17, 15) is 9.59 Å². The van der Waals surface area contributed by atoms with Crippen LogP contribution in [-0.2, 0) is 15.1 Å². The van der Waals surface area contributed by atoms with Crippen LogP contribution in [0.4, 0.5) is 0 Å². The number of likely N-dealkylation sites (tertiary alicyclic amines) is 1. The lowest BCUT2D eigenvalue weighted by atomic mass is 10.0. The molecule has 2 saturated heterocycles. The van der Waals surface area contributed by atoms with Gasteiger partial charge in [0.2, 0.25) is 11.8 Å². The highest BCUT2D eigenvalue weighted by Crippen LogP contribution is 2.19. The van der Waals surface area contributed by atoms with Gasteiger partial charge in [-0.1, -0.05) is 0 Å². The van der Waals surface area contributed by atoms with E-state index in [0.29, 0.717) is 32.7 Å². The highest BCUT2D eigenvalue weighted by Gasteiger charge is 2.36. The molecule has 0 bridgehead atoms. The van der Waals surface area contributed by atoms with Gasteiger partial charge in [0.1, 0.15) is 5.54 Å². The molecule has 0 aliphatic carbocycles. The standard InChI is InChI=1S/C17H27N5O2/c1-17(2,22-9-5-6-18-22)16(24)21-12-10-20(11-13-21)15(23)14-19-7-3-4-8-19/h5-6,9H,3-4,7-8,10-14H2,1-2H3. The van der Waals surface area contributed by atoms with Gasteiger partial charge in [-0.05, 0) is 45.8 Å². The summed E-state index contributed by atoms with van der Waals surface area (Å²) in [6.07, 6.45) is 5.88. The van der Waals surface area contributed by atoms with Gasteiger partial charge in [0.25, 0.3) is 0 Å². The number of rotatable bonds is 4. The minimum absolute atomic E-state index is 0.0536. The third kappa shape index (κ3) is 3.45. The van der Waals surface area contributed by atoms with E-state index in [1.54, 1.807) is 10.9 Å². The number of piperazine rings is 1. The molecular weight excluding hydrogens is 306 g/mol. The van der Waals surface area contributed by atoms with Gasteiger partial charge < -0.3 is 9.80 Å². The maximum Gasteiger partial charge on any atom is 0.250 e. The number of hydrogen-bond donors (Lipinski definition) is 0. The Bertz CT molecular complexity index is 570. The first-order valence-corrected chi connectivity index (χ1v) is 8.78. The lowest BCUT2D eigenvalue weighted by Gasteiger charge is -2.39. The minimum atomic E-state index is -0.703. The quantitative estimate of drug-likeness (QED) is 0.799. The molecule has 7 heteroatoms. The summed E-state index contributed by atoms with van der Waals surface area (Å²) in [6, 6.07) is 1.82. The van der Waals surface area contributed by atoms with Gasteiger partial charge in [-0.15, -0.1) is 0 Å². The van der Waals surface area contributed by atoms with Crippen LogP contribution < -0.4 is 0 Å². The van der Waals surface area contributed by atoms with Crippen molar-refractivity contribution in [2.75, 3.05) is 45.8 Å². The van der Waals surface area contributed by atoms with Gasteiger partial charge in [0, 0.05) is 38.6 Å². The molecule has 2 fully saturated rings. The van der Waals surface area contributed by atoms with Crippen LogP contribution in [0.5, 0.6) is 0 Å². The predicted octanol–water partition coefficient (Wildman–Crippen LogP) is 0.385.